The number of nitrogens with two attached hydrogens (primary N) is 2. The Morgan fingerprint density at radius 1 is 1.11 bits per heavy atom. The highest BCUT2D eigenvalue weighted by molar-refractivity contribution is 7.92. The third kappa shape index (κ3) is 3.14. The molecule has 0 saturated carbocycles. The molecule has 0 amide bonds. The molecule has 0 unspecified atom stereocenters. The van der Waals surface area contributed by atoms with E-state index in [-0.39, 0.29) is 0 Å². The number of anilines is 3. The summed E-state index contributed by atoms with van der Waals surface area (Å²) in [7, 11) is -3.28. The Kier molecular flexibility index (Phi) is 3.30. The topological polar surface area (TPSA) is 111 Å². The summed E-state index contributed by atoms with van der Waals surface area (Å²) in [5, 5.41) is 0. The van der Waals surface area contributed by atoms with Crippen molar-refractivity contribution in [2.45, 2.75) is 0 Å². The number of nitrogen functional groups attached to an aromatic ring is 2. The van der Waals surface area contributed by atoms with Crippen molar-refractivity contribution in [1.82, 2.24) is 4.98 Å². The van der Waals surface area contributed by atoms with Gasteiger partial charge in [0.15, 0.2) is 0 Å². The zero-order chi connectivity index (χ0) is 14.0. The lowest BCUT2D eigenvalue weighted by molar-refractivity contribution is 0.607. The molecule has 0 atom stereocenters. The molecule has 5 N–H and O–H groups in total. The van der Waals surface area contributed by atoms with Gasteiger partial charge in [-0.3, -0.25) is 9.71 Å². The van der Waals surface area contributed by atoms with Gasteiger partial charge in [-0.05, 0) is 18.2 Å². The summed E-state index contributed by atoms with van der Waals surface area (Å²) < 4.78 is 24.6. The standard InChI is InChI=1S/C12H14N4O2S/c1-19(17,18)16-9-4-2-8(3-5-9)12-11(14)10(13)6-7-15-12/h2-7,16H,14H2,1H3,(H2,13,15). The van der Waals surface area contributed by atoms with E-state index in [0.717, 1.165) is 11.8 Å². The molecular weight excluding hydrogens is 264 g/mol. The van der Waals surface area contributed by atoms with E-state index in [2.05, 4.69) is 9.71 Å². The molecule has 1 heterocycles. The van der Waals surface area contributed by atoms with Crippen LogP contribution in [0.3, 0.4) is 0 Å². The fourth-order valence-electron chi connectivity index (χ4n) is 1.63. The molecule has 1 aromatic carbocycles. The summed E-state index contributed by atoms with van der Waals surface area (Å²) >= 11 is 0. The number of rotatable bonds is 3. The van der Waals surface area contributed by atoms with E-state index in [1.54, 1.807) is 36.5 Å². The van der Waals surface area contributed by atoms with Crippen molar-refractivity contribution in [3.05, 3.63) is 36.5 Å². The van der Waals surface area contributed by atoms with Crippen LogP contribution in [0.1, 0.15) is 0 Å². The van der Waals surface area contributed by atoms with Crippen LogP contribution in [-0.2, 0) is 10.0 Å². The SMILES string of the molecule is CS(=O)(=O)Nc1ccc(-c2nccc(N)c2N)cc1. The summed E-state index contributed by atoms with van der Waals surface area (Å²) in [5.41, 5.74) is 14.3. The Morgan fingerprint density at radius 2 is 1.74 bits per heavy atom. The molecular formula is C12H14N4O2S. The van der Waals surface area contributed by atoms with Crippen molar-refractivity contribution < 1.29 is 8.42 Å². The molecule has 2 aromatic rings. The van der Waals surface area contributed by atoms with Crippen molar-refractivity contribution >= 4 is 27.1 Å². The summed E-state index contributed by atoms with van der Waals surface area (Å²) in [4.78, 5) is 4.17. The van der Waals surface area contributed by atoms with E-state index in [4.69, 9.17) is 11.5 Å². The molecule has 19 heavy (non-hydrogen) atoms. The molecule has 1 aromatic heterocycles. The van der Waals surface area contributed by atoms with Crippen LogP contribution >= 0.6 is 0 Å². The third-order valence-electron chi connectivity index (χ3n) is 2.49. The largest absolute Gasteiger partial charge is 0.397 e. The highest BCUT2D eigenvalue weighted by atomic mass is 32.2. The van der Waals surface area contributed by atoms with Crippen molar-refractivity contribution in [3.8, 4) is 11.3 Å². The number of hydrogen-bond donors (Lipinski definition) is 3. The minimum atomic E-state index is -3.28. The Balaban J connectivity index is 2.35. The second-order valence-corrected chi connectivity index (χ2v) is 5.86. The predicted octanol–water partition coefficient (Wildman–Crippen LogP) is 1.28. The number of sulfonamides is 1. The molecule has 6 nitrogen and oxygen atoms in total. The van der Waals surface area contributed by atoms with Crippen LogP contribution in [0, 0.1) is 0 Å². The van der Waals surface area contributed by atoms with E-state index in [0.29, 0.717) is 22.8 Å². The zero-order valence-electron chi connectivity index (χ0n) is 10.3. The van der Waals surface area contributed by atoms with Crippen LogP contribution in [0.4, 0.5) is 17.1 Å². The Hall–Kier alpha value is -2.28. The van der Waals surface area contributed by atoms with Gasteiger partial charge >= 0.3 is 0 Å². The average Bonchev–Trinajstić information content (AvgIpc) is 2.32. The predicted molar refractivity (Wildman–Crippen MR) is 77.0 cm³/mol. The zero-order valence-corrected chi connectivity index (χ0v) is 11.1. The first-order chi connectivity index (χ1) is 8.87. The molecule has 0 saturated heterocycles. The van der Waals surface area contributed by atoms with Crippen LogP contribution < -0.4 is 16.2 Å². The summed E-state index contributed by atoms with van der Waals surface area (Å²) in [5.74, 6) is 0. The monoisotopic (exact) mass is 278 g/mol. The minimum absolute atomic E-state index is 0.409. The first-order valence-electron chi connectivity index (χ1n) is 5.45. The van der Waals surface area contributed by atoms with E-state index < -0.39 is 10.0 Å². The van der Waals surface area contributed by atoms with Gasteiger partial charge in [0.1, 0.15) is 0 Å². The van der Waals surface area contributed by atoms with Gasteiger partial charge in [0, 0.05) is 17.4 Å². The smallest absolute Gasteiger partial charge is 0.229 e. The van der Waals surface area contributed by atoms with Gasteiger partial charge in [0.2, 0.25) is 10.0 Å². The molecule has 0 aliphatic heterocycles. The quantitative estimate of drug-likeness (QED) is 0.783. The number of nitrogens with one attached hydrogen (secondary N) is 1. The van der Waals surface area contributed by atoms with E-state index in [9.17, 15) is 8.42 Å². The van der Waals surface area contributed by atoms with Crippen molar-refractivity contribution in [3.63, 3.8) is 0 Å². The van der Waals surface area contributed by atoms with Gasteiger partial charge < -0.3 is 11.5 Å². The molecule has 0 radical (unpaired) electrons. The fraction of sp³-hybridized carbons (Fsp3) is 0.0833. The molecule has 7 heteroatoms. The maximum atomic E-state index is 11.1. The number of pyridine rings is 1. The van der Waals surface area contributed by atoms with Gasteiger partial charge in [-0.2, -0.15) is 0 Å². The van der Waals surface area contributed by atoms with E-state index in [1.165, 1.54) is 0 Å². The first-order valence-corrected chi connectivity index (χ1v) is 7.34. The average molecular weight is 278 g/mol. The van der Waals surface area contributed by atoms with E-state index >= 15 is 0 Å². The third-order valence-corrected chi connectivity index (χ3v) is 3.09. The fourth-order valence-corrected chi connectivity index (χ4v) is 2.19. The second kappa shape index (κ2) is 4.77. The molecule has 0 aliphatic rings. The van der Waals surface area contributed by atoms with E-state index in [1.807, 2.05) is 0 Å². The Morgan fingerprint density at radius 3 is 2.32 bits per heavy atom. The molecule has 2 rings (SSSR count). The molecule has 0 spiro atoms. The summed E-state index contributed by atoms with van der Waals surface area (Å²) in [6.07, 6.45) is 2.67. The minimum Gasteiger partial charge on any atom is -0.397 e. The number of benzene rings is 1. The van der Waals surface area contributed by atoms with Crippen LogP contribution in [0.15, 0.2) is 36.5 Å². The highest BCUT2D eigenvalue weighted by Crippen LogP contribution is 2.28. The normalized spacial score (nSPS) is 11.2. The second-order valence-electron chi connectivity index (χ2n) is 4.11. The maximum Gasteiger partial charge on any atom is 0.229 e. The van der Waals surface area contributed by atoms with Crippen LogP contribution in [0.25, 0.3) is 11.3 Å². The summed E-state index contributed by atoms with van der Waals surface area (Å²) in [6, 6.07) is 8.36. The highest BCUT2D eigenvalue weighted by Gasteiger charge is 2.07. The Labute approximate surface area is 111 Å². The first kappa shape index (κ1) is 13.2. The van der Waals surface area contributed by atoms with Gasteiger partial charge in [-0.1, -0.05) is 12.1 Å². The van der Waals surface area contributed by atoms with Gasteiger partial charge in [-0.25, -0.2) is 8.42 Å². The number of hydrogen-bond acceptors (Lipinski definition) is 5. The van der Waals surface area contributed by atoms with Gasteiger partial charge in [0.25, 0.3) is 0 Å². The summed E-state index contributed by atoms with van der Waals surface area (Å²) in [6.45, 7) is 0. The lowest BCUT2D eigenvalue weighted by atomic mass is 10.1. The lowest BCUT2D eigenvalue weighted by Gasteiger charge is -2.08. The number of aromatic nitrogens is 1. The van der Waals surface area contributed by atoms with Crippen molar-refractivity contribution in [2.24, 2.45) is 0 Å². The van der Waals surface area contributed by atoms with Crippen LogP contribution in [-0.4, -0.2) is 19.7 Å². The van der Waals surface area contributed by atoms with Crippen LogP contribution in [0.5, 0.6) is 0 Å². The number of nitrogens with zero attached hydrogens (tertiary/aromatic N) is 1. The van der Waals surface area contributed by atoms with Crippen molar-refractivity contribution in [1.29, 1.82) is 0 Å². The molecule has 0 fully saturated rings. The lowest BCUT2D eigenvalue weighted by Crippen LogP contribution is -2.09. The van der Waals surface area contributed by atoms with Crippen LogP contribution in [0.2, 0.25) is 0 Å². The van der Waals surface area contributed by atoms with Gasteiger partial charge in [0.05, 0.1) is 23.3 Å². The molecule has 100 valence electrons. The molecule has 0 bridgehead atoms. The molecule has 0 aliphatic carbocycles. The Bertz CT molecular complexity index is 696. The van der Waals surface area contributed by atoms with Gasteiger partial charge in [-0.15, -0.1) is 0 Å². The maximum absolute atomic E-state index is 11.1. The van der Waals surface area contributed by atoms with Crippen molar-refractivity contribution in [2.75, 3.05) is 22.4 Å².